The lowest BCUT2D eigenvalue weighted by Crippen LogP contribution is -2.53. The van der Waals surface area contributed by atoms with E-state index in [4.69, 9.17) is 4.74 Å². The quantitative estimate of drug-likeness (QED) is 0.212. The molecule has 1 N–H and O–H groups in total. The summed E-state index contributed by atoms with van der Waals surface area (Å²) in [5, 5.41) is 3.15. The Morgan fingerprint density at radius 1 is 1.00 bits per heavy atom. The number of hydrogen-bond acceptors (Lipinski definition) is 6. The van der Waals surface area contributed by atoms with Crippen molar-refractivity contribution in [2.24, 2.45) is 0 Å². The number of amides is 2. The van der Waals surface area contributed by atoms with Crippen molar-refractivity contribution >= 4 is 39.3 Å². The summed E-state index contributed by atoms with van der Waals surface area (Å²) in [6, 6.07) is 20.5. The Morgan fingerprint density at radius 2 is 1.70 bits per heavy atom. The highest BCUT2D eigenvalue weighted by Crippen LogP contribution is 2.33. The molecule has 236 valence electrons. The van der Waals surface area contributed by atoms with Gasteiger partial charge >= 0.3 is 0 Å². The lowest BCUT2D eigenvalue weighted by Gasteiger charge is -2.34. The molecule has 1 saturated carbocycles. The highest BCUT2D eigenvalue weighted by atomic mass is 32.2. The second kappa shape index (κ2) is 15.5. The Labute approximate surface area is 266 Å². The van der Waals surface area contributed by atoms with Gasteiger partial charge in [0.15, 0.2) is 0 Å². The molecule has 8 nitrogen and oxygen atoms in total. The minimum Gasteiger partial charge on any atom is -0.492 e. The molecule has 1 aliphatic carbocycles. The van der Waals surface area contributed by atoms with Crippen LogP contribution >= 0.6 is 11.8 Å². The van der Waals surface area contributed by atoms with Crippen LogP contribution in [0.3, 0.4) is 0 Å². The van der Waals surface area contributed by atoms with E-state index in [9.17, 15) is 18.0 Å². The van der Waals surface area contributed by atoms with E-state index < -0.39 is 28.5 Å². The first-order valence-electron chi connectivity index (χ1n) is 15.2. The number of aryl methyl sites for hydroxylation is 1. The third-order valence-corrected chi connectivity index (χ3v) is 10.4. The molecular weight excluding hydrogens is 595 g/mol. The van der Waals surface area contributed by atoms with Gasteiger partial charge in [-0.2, -0.15) is 0 Å². The molecule has 0 spiro atoms. The van der Waals surface area contributed by atoms with Gasteiger partial charge in [0.05, 0.1) is 17.2 Å². The predicted molar refractivity (Wildman–Crippen MR) is 177 cm³/mol. The number of benzene rings is 3. The second-order valence-corrected chi connectivity index (χ2v) is 13.8. The molecule has 1 fully saturated rings. The SMILES string of the molecule is CCOc1ccccc1N(CC(=O)N(Cc1cccc(C)c1)[C@@H](CC)C(=O)NC1CCCC1)S(=O)(=O)c1ccc(SC)cc1. The molecule has 1 atom stereocenters. The second-order valence-electron chi connectivity index (χ2n) is 11.0. The number of carbonyl (C=O) groups is 2. The van der Waals surface area contributed by atoms with Crippen molar-refractivity contribution in [3.05, 3.63) is 83.9 Å². The molecule has 4 rings (SSSR count). The fraction of sp³-hybridized carbons (Fsp3) is 0.412. The maximum Gasteiger partial charge on any atom is 0.264 e. The highest BCUT2D eigenvalue weighted by Gasteiger charge is 2.35. The van der Waals surface area contributed by atoms with E-state index in [0.717, 1.165) is 46.0 Å². The fourth-order valence-corrected chi connectivity index (χ4v) is 7.46. The first kappa shape index (κ1) is 33.4. The first-order valence-corrected chi connectivity index (χ1v) is 17.9. The molecule has 1 aliphatic rings. The monoisotopic (exact) mass is 637 g/mol. The minimum absolute atomic E-state index is 0.0608. The summed E-state index contributed by atoms with van der Waals surface area (Å²) in [5.74, 6) is -0.337. The summed E-state index contributed by atoms with van der Waals surface area (Å²) in [6.07, 6.45) is 6.28. The van der Waals surface area contributed by atoms with Crippen molar-refractivity contribution in [1.82, 2.24) is 10.2 Å². The minimum atomic E-state index is -4.20. The van der Waals surface area contributed by atoms with E-state index in [1.54, 1.807) is 48.5 Å². The summed E-state index contributed by atoms with van der Waals surface area (Å²) >= 11 is 1.51. The van der Waals surface area contributed by atoms with Crippen LogP contribution in [-0.4, -0.2) is 56.6 Å². The molecule has 2 amide bonds. The molecule has 0 saturated heterocycles. The van der Waals surface area contributed by atoms with Crippen LogP contribution in [0.25, 0.3) is 0 Å². The van der Waals surface area contributed by atoms with Gasteiger partial charge in [0.1, 0.15) is 18.3 Å². The van der Waals surface area contributed by atoms with Crippen LogP contribution in [0.5, 0.6) is 5.75 Å². The molecular formula is C34H43N3O5S2. The fourth-order valence-electron chi connectivity index (χ4n) is 5.62. The summed E-state index contributed by atoms with van der Waals surface area (Å²) in [6.45, 7) is 5.65. The van der Waals surface area contributed by atoms with Crippen LogP contribution in [0.15, 0.2) is 82.6 Å². The number of hydrogen-bond donors (Lipinski definition) is 1. The van der Waals surface area contributed by atoms with Crippen LogP contribution in [-0.2, 0) is 26.2 Å². The Bertz CT molecular complexity index is 1520. The number of thioether (sulfide) groups is 1. The van der Waals surface area contributed by atoms with E-state index in [2.05, 4.69) is 5.32 Å². The third-order valence-electron chi connectivity index (χ3n) is 7.88. The van der Waals surface area contributed by atoms with E-state index in [1.807, 2.05) is 51.3 Å². The van der Waals surface area contributed by atoms with Gasteiger partial charge in [0, 0.05) is 17.5 Å². The summed E-state index contributed by atoms with van der Waals surface area (Å²) in [7, 11) is -4.20. The van der Waals surface area contributed by atoms with Crippen LogP contribution in [0.1, 0.15) is 57.1 Å². The number of para-hydroxylation sites is 2. The van der Waals surface area contributed by atoms with Crippen LogP contribution in [0, 0.1) is 6.92 Å². The van der Waals surface area contributed by atoms with E-state index in [-0.39, 0.29) is 29.1 Å². The summed E-state index contributed by atoms with van der Waals surface area (Å²) in [5.41, 5.74) is 2.15. The highest BCUT2D eigenvalue weighted by molar-refractivity contribution is 7.98. The largest absolute Gasteiger partial charge is 0.492 e. The van der Waals surface area contributed by atoms with Crippen molar-refractivity contribution in [3.8, 4) is 5.75 Å². The first-order chi connectivity index (χ1) is 21.2. The number of nitrogens with one attached hydrogen (secondary N) is 1. The Balaban J connectivity index is 1.75. The predicted octanol–water partition coefficient (Wildman–Crippen LogP) is 6.18. The van der Waals surface area contributed by atoms with Crippen LogP contribution in [0.2, 0.25) is 0 Å². The number of sulfonamides is 1. The van der Waals surface area contributed by atoms with Gasteiger partial charge in [-0.3, -0.25) is 13.9 Å². The Hall–Kier alpha value is -3.50. The normalized spacial score (nSPS) is 14.2. The average molecular weight is 638 g/mol. The van der Waals surface area contributed by atoms with Gasteiger partial charge < -0.3 is 15.0 Å². The molecule has 44 heavy (non-hydrogen) atoms. The number of nitrogens with zero attached hydrogens (tertiary/aromatic N) is 2. The van der Waals surface area contributed by atoms with Crippen molar-refractivity contribution in [3.63, 3.8) is 0 Å². The van der Waals surface area contributed by atoms with Crippen LogP contribution in [0.4, 0.5) is 5.69 Å². The molecule has 0 unspecified atom stereocenters. The zero-order chi connectivity index (χ0) is 31.7. The Kier molecular flexibility index (Phi) is 11.7. The third kappa shape index (κ3) is 8.15. The molecule has 0 aliphatic heterocycles. The summed E-state index contributed by atoms with van der Waals surface area (Å²) in [4.78, 5) is 30.6. The molecule has 3 aromatic carbocycles. The van der Waals surface area contributed by atoms with Crippen LogP contribution < -0.4 is 14.4 Å². The van der Waals surface area contributed by atoms with Gasteiger partial charge in [-0.1, -0.05) is 61.7 Å². The van der Waals surface area contributed by atoms with Gasteiger partial charge in [0.25, 0.3) is 10.0 Å². The molecule has 0 heterocycles. The standard InChI is InChI=1S/C34H43N3O5S2/c1-5-30(34(39)35-27-14-7-8-15-27)36(23-26-13-11-12-25(3)22-26)33(38)24-37(31-16-9-10-17-32(31)42-6-2)44(40,41)29-20-18-28(43-4)19-21-29/h9-13,16-22,27,30H,5-8,14-15,23-24H2,1-4H3,(H,35,39)/t30-/m0/s1. The van der Waals surface area contributed by atoms with E-state index >= 15 is 0 Å². The molecule has 10 heteroatoms. The van der Waals surface area contributed by atoms with Crippen molar-refractivity contribution in [2.45, 2.75) is 81.3 Å². The number of rotatable bonds is 14. The van der Waals surface area contributed by atoms with Gasteiger partial charge in [-0.05, 0) is 81.3 Å². The summed E-state index contributed by atoms with van der Waals surface area (Å²) < 4.78 is 35.5. The lowest BCUT2D eigenvalue weighted by atomic mass is 10.1. The van der Waals surface area contributed by atoms with Gasteiger partial charge in [0.2, 0.25) is 11.8 Å². The average Bonchev–Trinajstić information content (AvgIpc) is 3.53. The lowest BCUT2D eigenvalue weighted by molar-refractivity contribution is -0.140. The number of anilines is 1. The molecule has 0 radical (unpaired) electrons. The maximum atomic E-state index is 14.4. The van der Waals surface area contributed by atoms with E-state index in [0.29, 0.717) is 18.8 Å². The number of ether oxygens (including phenoxy) is 1. The zero-order valence-corrected chi connectivity index (χ0v) is 27.6. The van der Waals surface area contributed by atoms with Crippen molar-refractivity contribution < 1.29 is 22.7 Å². The van der Waals surface area contributed by atoms with Gasteiger partial charge in [-0.15, -0.1) is 11.8 Å². The smallest absolute Gasteiger partial charge is 0.264 e. The molecule has 0 aromatic heterocycles. The van der Waals surface area contributed by atoms with Gasteiger partial charge in [-0.25, -0.2) is 8.42 Å². The van der Waals surface area contributed by atoms with E-state index in [1.165, 1.54) is 16.7 Å². The maximum absolute atomic E-state index is 14.4. The van der Waals surface area contributed by atoms with Crippen molar-refractivity contribution in [2.75, 3.05) is 23.7 Å². The molecule has 0 bridgehead atoms. The zero-order valence-electron chi connectivity index (χ0n) is 26.0. The molecule has 3 aromatic rings. The Morgan fingerprint density at radius 3 is 2.34 bits per heavy atom. The topological polar surface area (TPSA) is 96.0 Å². The number of carbonyl (C=O) groups excluding carboxylic acids is 2. The van der Waals surface area contributed by atoms with Crippen molar-refractivity contribution in [1.29, 1.82) is 0 Å².